The molecule has 0 bridgehead atoms. The predicted octanol–water partition coefficient (Wildman–Crippen LogP) is 6.86. The Morgan fingerprint density at radius 3 is 2.31 bits per heavy atom. The van der Waals surface area contributed by atoms with Crippen LogP contribution in [0.5, 0.6) is 5.75 Å². The second-order valence-electron chi connectivity index (χ2n) is 12.7. The van der Waals surface area contributed by atoms with Crippen LogP contribution in [0, 0.1) is 17.6 Å². The number of carbonyl (C=O) groups is 3. The van der Waals surface area contributed by atoms with Crippen LogP contribution in [0.4, 0.5) is 8.78 Å². The summed E-state index contributed by atoms with van der Waals surface area (Å²) >= 11 is 0. The molecule has 2 N–H and O–H groups in total. The lowest BCUT2D eigenvalue weighted by Gasteiger charge is -2.37. The molecular weight excluding hydrogens is 614 g/mol. The van der Waals surface area contributed by atoms with Crippen LogP contribution in [0.3, 0.4) is 0 Å². The summed E-state index contributed by atoms with van der Waals surface area (Å²) in [7, 11) is 0. The minimum absolute atomic E-state index is 0.0881. The smallest absolute Gasteiger partial charge is 0.326 e. The van der Waals surface area contributed by atoms with Crippen molar-refractivity contribution in [1.82, 2.24) is 10.2 Å². The zero-order chi connectivity index (χ0) is 33.6. The fourth-order valence-electron chi connectivity index (χ4n) is 6.69. The van der Waals surface area contributed by atoms with Crippen molar-refractivity contribution in [3.05, 3.63) is 125 Å². The highest BCUT2D eigenvalue weighted by atomic mass is 19.1. The lowest BCUT2D eigenvalue weighted by Crippen LogP contribution is -2.56. The summed E-state index contributed by atoms with van der Waals surface area (Å²) < 4.78 is 33.3. The van der Waals surface area contributed by atoms with Gasteiger partial charge in [0, 0.05) is 37.4 Å². The van der Waals surface area contributed by atoms with Crippen LogP contribution in [0.15, 0.2) is 91.0 Å². The van der Waals surface area contributed by atoms with Crippen LogP contribution >= 0.6 is 0 Å². The third kappa shape index (κ3) is 7.90. The molecule has 4 aromatic rings. The Bertz CT molecular complexity index is 1770. The topological polar surface area (TPSA) is 95.9 Å². The summed E-state index contributed by atoms with van der Waals surface area (Å²) in [5.74, 6) is -2.47. The maximum atomic E-state index is 14.2. The molecule has 1 fully saturated rings. The highest BCUT2D eigenvalue weighted by Gasteiger charge is 2.37. The predicted molar refractivity (Wildman–Crippen MR) is 177 cm³/mol. The molecule has 1 aliphatic carbocycles. The number of carboxylic acids is 1. The first-order chi connectivity index (χ1) is 23.2. The Labute approximate surface area is 278 Å². The first-order valence-corrected chi connectivity index (χ1v) is 16.4. The number of rotatable bonds is 11. The monoisotopic (exact) mass is 652 g/mol. The number of hydrogen-bond acceptors (Lipinski definition) is 4. The minimum atomic E-state index is -1.18. The van der Waals surface area contributed by atoms with Crippen LogP contribution in [-0.2, 0) is 40.4 Å². The molecule has 1 heterocycles. The van der Waals surface area contributed by atoms with Gasteiger partial charge in [-0.3, -0.25) is 9.59 Å². The highest BCUT2D eigenvalue weighted by Crippen LogP contribution is 2.32. The fraction of sp³-hybridized carbons (Fsp3) is 0.308. The normalized spacial score (nSPS) is 16.6. The number of ether oxygens (including phenoxy) is 1. The van der Waals surface area contributed by atoms with Gasteiger partial charge in [0.15, 0.2) is 0 Å². The largest absolute Gasteiger partial charge is 0.489 e. The number of carboxylic acid groups (broad SMARTS) is 1. The minimum Gasteiger partial charge on any atom is -0.489 e. The molecule has 2 amide bonds. The molecule has 0 radical (unpaired) electrons. The van der Waals surface area contributed by atoms with Crippen LogP contribution in [-0.4, -0.2) is 39.9 Å². The average Bonchev–Trinajstić information content (AvgIpc) is 3.60. The maximum Gasteiger partial charge on any atom is 0.326 e. The molecule has 2 atom stereocenters. The van der Waals surface area contributed by atoms with E-state index in [1.807, 2.05) is 60.7 Å². The Kier molecular flexibility index (Phi) is 10.1. The summed E-state index contributed by atoms with van der Waals surface area (Å²) in [6.07, 6.45) is 4.71. The van der Waals surface area contributed by atoms with Gasteiger partial charge in [-0.05, 0) is 70.8 Å². The molecule has 6 rings (SSSR count). The van der Waals surface area contributed by atoms with Crippen molar-refractivity contribution in [2.24, 2.45) is 5.92 Å². The van der Waals surface area contributed by atoms with E-state index in [1.165, 1.54) is 12.1 Å². The molecule has 1 unspecified atom stereocenters. The summed E-state index contributed by atoms with van der Waals surface area (Å²) in [6, 6.07) is 24.0. The van der Waals surface area contributed by atoms with Crippen molar-refractivity contribution in [2.75, 3.05) is 0 Å². The van der Waals surface area contributed by atoms with Gasteiger partial charge in [-0.25, -0.2) is 13.6 Å². The number of nitrogens with zero attached hydrogens (tertiary/aromatic N) is 1. The standard InChI is InChI=1S/C39H38F2N2O5/c40-32-16-14-30(34(41)22-32)24-48-33-17-15-29-21-36(43(23-31(29)20-33)37(44)19-25-6-4-5-7-25)38(45)42-35(39(46)47)18-26-10-12-28(13-11-26)27-8-2-1-3-9-27/h1-3,8-17,20,22,25,35-36H,4-7,18-19,21,23-24H2,(H,42,45)(H,46,47)/t35-,36?/m0/s1. The van der Waals surface area contributed by atoms with E-state index < -0.39 is 35.6 Å². The van der Waals surface area contributed by atoms with Gasteiger partial charge < -0.3 is 20.1 Å². The molecule has 1 aliphatic heterocycles. The van der Waals surface area contributed by atoms with E-state index in [2.05, 4.69) is 5.32 Å². The van der Waals surface area contributed by atoms with E-state index in [9.17, 15) is 28.3 Å². The van der Waals surface area contributed by atoms with Crippen molar-refractivity contribution in [3.63, 3.8) is 0 Å². The molecule has 0 spiro atoms. The van der Waals surface area contributed by atoms with E-state index in [4.69, 9.17) is 4.74 Å². The molecule has 4 aromatic carbocycles. The van der Waals surface area contributed by atoms with Crippen LogP contribution < -0.4 is 10.1 Å². The number of benzene rings is 4. The van der Waals surface area contributed by atoms with E-state index in [0.29, 0.717) is 12.2 Å². The number of carbonyl (C=O) groups excluding carboxylic acids is 2. The molecule has 48 heavy (non-hydrogen) atoms. The first-order valence-electron chi connectivity index (χ1n) is 16.4. The molecule has 2 aliphatic rings. The zero-order valence-corrected chi connectivity index (χ0v) is 26.5. The summed E-state index contributed by atoms with van der Waals surface area (Å²) in [6.45, 7) is 0.0472. The first kappa shape index (κ1) is 32.9. The van der Waals surface area contributed by atoms with Gasteiger partial charge in [-0.2, -0.15) is 0 Å². The van der Waals surface area contributed by atoms with Gasteiger partial charge in [0.05, 0.1) is 0 Å². The van der Waals surface area contributed by atoms with Crippen LogP contribution in [0.25, 0.3) is 11.1 Å². The SMILES string of the molecule is O=C(N[C@@H](Cc1ccc(-c2ccccc2)cc1)C(=O)O)C1Cc2ccc(OCc3ccc(F)cc3F)cc2CN1C(=O)CC1CCCC1. The van der Waals surface area contributed by atoms with Crippen molar-refractivity contribution < 1.29 is 33.0 Å². The molecule has 7 nitrogen and oxygen atoms in total. The molecule has 9 heteroatoms. The molecule has 248 valence electrons. The van der Waals surface area contributed by atoms with Gasteiger partial charge >= 0.3 is 5.97 Å². The highest BCUT2D eigenvalue weighted by molar-refractivity contribution is 5.91. The Morgan fingerprint density at radius 2 is 1.60 bits per heavy atom. The lowest BCUT2D eigenvalue weighted by atomic mass is 9.91. The number of nitrogens with one attached hydrogen (secondary N) is 1. The third-order valence-corrected chi connectivity index (χ3v) is 9.39. The Morgan fingerprint density at radius 1 is 0.875 bits per heavy atom. The van der Waals surface area contributed by atoms with E-state index in [-0.39, 0.29) is 43.4 Å². The maximum absolute atomic E-state index is 14.2. The third-order valence-electron chi connectivity index (χ3n) is 9.39. The molecular formula is C39H38F2N2O5. The van der Waals surface area contributed by atoms with E-state index >= 15 is 0 Å². The average molecular weight is 653 g/mol. The van der Waals surface area contributed by atoms with Crippen molar-refractivity contribution >= 4 is 17.8 Å². The van der Waals surface area contributed by atoms with Gasteiger partial charge in [0.25, 0.3) is 0 Å². The lowest BCUT2D eigenvalue weighted by molar-refractivity contribution is -0.145. The van der Waals surface area contributed by atoms with Crippen LogP contribution in [0.2, 0.25) is 0 Å². The number of fused-ring (bicyclic) bond motifs is 1. The summed E-state index contributed by atoms with van der Waals surface area (Å²) in [5, 5.41) is 12.8. The van der Waals surface area contributed by atoms with Gasteiger partial charge in [0.1, 0.15) is 36.1 Å². The second kappa shape index (κ2) is 14.8. The Hall–Kier alpha value is -5.05. The Balaban J connectivity index is 1.18. The molecule has 0 aromatic heterocycles. The zero-order valence-electron chi connectivity index (χ0n) is 26.5. The van der Waals surface area contributed by atoms with Crippen molar-refractivity contribution in [1.29, 1.82) is 0 Å². The van der Waals surface area contributed by atoms with E-state index in [0.717, 1.165) is 59.6 Å². The van der Waals surface area contributed by atoms with Crippen molar-refractivity contribution in [3.8, 4) is 16.9 Å². The van der Waals surface area contributed by atoms with Gasteiger partial charge in [-0.15, -0.1) is 0 Å². The molecule has 0 saturated heterocycles. The molecule has 1 saturated carbocycles. The summed E-state index contributed by atoms with van der Waals surface area (Å²) in [4.78, 5) is 41.5. The number of amides is 2. The summed E-state index contributed by atoms with van der Waals surface area (Å²) in [5.41, 5.74) is 4.65. The number of hydrogen-bond donors (Lipinski definition) is 2. The van der Waals surface area contributed by atoms with E-state index in [1.54, 1.807) is 17.0 Å². The number of aliphatic carboxylic acids is 1. The second-order valence-corrected chi connectivity index (χ2v) is 12.7. The van der Waals surface area contributed by atoms with Gasteiger partial charge in [-0.1, -0.05) is 73.5 Å². The van der Waals surface area contributed by atoms with Crippen LogP contribution in [0.1, 0.15) is 54.4 Å². The number of halogens is 2. The fourth-order valence-corrected chi connectivity index (χ4v) is 6.69. The van der Waals surface area contributed by atoms with Crippen molar-refractivity contribution in [2.45, 2.75) is 70.2 Å². The van der Waals surface area contributed by atoms with Gasteiger partial charge in [0.2, 0.25) is 11.8 Å². The quantitative estimate of drug-likeness (QED) is 0.185.